The first kappa shape index (κ1) is 19.5. The summed E-state index contributed by atoms with van der Waals surface area (Å²) in [7, 11) is 0. The molecule has 0 saturated carbocycles. The minimum absolute atomic E-state index is 0.00437. The number of carbonyl (C=O) groups excluding carboxylic acids is 1. The standard InChI is InChI=1S/C23H17Cl2NO3/c24-18-10-5-11-19(25)17(18)12-20(23(28)29)26-22(27)21-15-8-3-1-6-13(15)14-7-2-4-9-16(14)21/h1-11,20-21H,12H2,(H,26,27)(H,28,29)/t20-/m1/s1. The van der Waals surface area contributed by atoms with E-state index in [-0.39, 0.29) is 12.3 Å². The summed E-state index contributed by atoms with van der Waals surface area (Å²) < 4.78 is 0. The van der Waals surface area contributed by atoms with Gasteiger partial charge in [0.1, 0.15) is 6.04 Å². The van der Waals surface area contributed by atoms with Gasteiger partial charge < -0.3 is 10.4 Å². The number of hydrogen-bond acceptors (Lipinski definition) is 2. The molecule has 3 aromatic rings. The maximum Gasteiger partial charge on any atom is 0.326 e. The van der Waals surface area contributed by atoms with E-state index < -0.39 is 17.9 Å². The molecule has 146 valence electrons. The van der Waals surface area contributed by atoms with Crippen LogP contribution in [0.2, 0.25) is 10.0 Å². The lowest BCUT2D eigenvalue weighted by molar-refractivity contribution is -0.141. The number of carboxylic acids is 1. The molecule has 1 aliphatic carbocycles. The number of carbonyl (C=O) groups is 2. The quantitative estimate of drug-likeness (QED) is 0.609. The third-order valence-corrected chi connectivity index (χ3v) is 5.89. The number of fused-ring (bicyclic) bond motifs is 3. The molecule has 1 amide bonds. The average molecular weight is 426 g/mol. The van der Waals surface area contributed by atoms with Gasteiger partial charge >= 0.3 is 5.97 Å². The van der Waals surface area contributed by atoms with Gasteiger partial charge in [-0.05, 0) is 39.9 Å². The Morgan fingerprint density at radius 2 is 1.38 bits per heavy atom. The van der Waals surface area contributed by atoms with Crippen LogP contribution in [0.5, 0.6) is 0 Å². The zero-order valence-electron chi connectivity index (χ0n) is 15.2. The summed E-state index contributed by atoms with van der Waals surface area (Å²) in [6.45, 7) is 0. The molecule has 0 fully saturated rings. The molecule has 0 saturated heterocycles. The van der Waals surface area contributed by atoms with Crippen LogP contribution in [-0.4, -0.2) is 23.0 Å². The highest BCUT2D eigenvalue weighted by molar-refractivity contribution is 6.36. The maximum atomic E-state index is 13.2. The maximum absolute atomic E-state index is 13.2. The first-order valence-electron chi connectivity index (χ1n) is 9.11. The molecule has 0 heterocycles. The monoisotopic (exact) mass is 425 g/mol. The fourth-order valence-electron chi connectivity index (χ4n) is 3.82. The summed E-state index contributed by atoms with van der Waals surface area (Å²) in [5, 5.41) is 13.1. The van der Waals surface area contributed by atoms with Gasteiger partial charge in [0.05, 0.1) is 5.92 Å². The molecule has 0 aromatic heterocycles. The minimum atomic E-state index is -1.15. The summed E-state index contributed by atoms with van der Waals surface area (Å²) in [6.07, 6.45) is -0.00437. The molecule has 0 spiro atoms. The van der Waals surface area contributed by atoms with Gasteiger partial charge in [-0.3, -0.25) is 4.79 Å². The number of carboxylic acid groups (broad SMARTS) is 1. The van der Waals surface area contributed by atoms with Crippen LogP contribution in [0.3, 0.4) is 0 Å². The Labute approximate surface area is 178 Å². The van der Waals surface area contributed by atoms with Crippen LogP contribution >= 0.6 is 23.2 Å². The SMILES string of the molecule is O=C(N[C@H](Cc1c(Cl)cccc1Cl)C(=O)O)C1c2ccccc2-c2ccccc21. The topological polar surface area (TPSA) is 66.4 Å². The van der Waals surface area contributed by atoms with Crippen molar-refractivity contribution in [3.8, 4) is 11.1 Å². The number of aliphatic carboxylic acids is 1. The normalized spacial score (nSPS) is 13.4. The summed E-state index contributed by atoms with van der Waals surface area (Å²) in [5.41, 5.74) is 4.21. The van der Waals surface area contributed by atoms with Crippen LogP contribution in [0, 0.1) is 0 Å². The first-order valence-corrected chi connectivity index (χ1v) is 9.87. The lowest BCUT2D eigenvalue weighted by Gasteiger charge is -2.20. The van der Waals surface area contributed by atoms with Gasteiger partial charge in [-0.25, -0.2) is 4.79 Å². The molecule has 0 bridgehead atoms. The second-order valence-electron chi connectivity index (χ2n) is 6.91. The Bertz CT molecular complexity index is 1050. The van der Waals surface area contributed by atoms with Crippen LogP contribution in [0.25, 0.3) is 11.1 Å². The van der Waals surface area contributed by atoms with Crippen molar-refractivity contribution in [3.05, 3.63) is 93.5 Å². The van der Waals surface area contributed by atoms with Crippen LogP contribution in [0.4, 0.5) is 0 Å². The van der Waals surface area contributed by atoms with Gasteiger partial charge in [0.25, 0.3) is 0 Å². The van der Waals surface area contributed by atoms with Gasteiger partial charge in [-0.2, -0.15) is 0 Å². The van der Waals surface area contributed by atoms with Crippen molar-refractivity contribution in [2.75, 3.05) is 0 Å². The van der Waals surface area contributed by atoms with Gasteiger partial charge in [-0.15, -0.1) is 0 Å². The lowest BCUT2D eigenvalue weighted by atomic mass is 9.95. The average Bonchev–Trinajstić information content (AvgIpc) is 3.04. The number of rotatable bonds is 5. The highest BCUT2D eigenvalue weighted by atomic mass is 35.5. The van der Waals surface area contributed by atoms with E-state index in [1.54, 1.807) is 18.2 Å². The second-order valence-corrected chi connectivity index (χ2v) is 7.73. The highest BCUT2D eigenvalue weighted by Crippen LogP contribution is 2.44. The summed E-state index contributed by atoms with van der Waals surface area (Å²) in [4.78, 5) is 25.1. The predicted octanol–water partition coefficient (Wildman–Crippen LogP) is 4.92. The molecular formula is C23H17Cl2NO3. The Balaban J connectivity index is 1.65. The van der Waals surface area contributed by atoms with E-state index in [9.17, 15) is 14.7 Å². The molecule has 0 unspecified atom stereocenters. The Morgan fingerprint density at radius 1 is 0.862 bits per heavy atom. The van der Waals surface area contributed by atoms with Crippen LogP contribution in [0.15, 0.2) is 66.7 Å². The van der Waals surface area contributed by atoms with Crippen molar-refractivity contribution >= 4 is 35.1 Å². The summed E-state index contributed by atoms with van der Waals surface area (Å²) >= 11 is 12.4. The van der Waals surface area contributed by atoms with Crippen molar-refractivity contribution in [2.24, 2.45) is 0 Å². The fraction of sp³-hybridized carbons (Fsp3) is 0.130. The summed E-state index contributed by atoms with van der Waals surface area (Å²) in [5.74, 6) is -2.07. The van der Waals surface area contributed by atoms with Crippen molar-refractivity contribution in [2.45, 2.75) is 18.4 Å². The second kappa shape index (κ2) is 7.90. The number of hydrogen-bond donors (Lipinski definition) is 2. The molecule has 1 atom stereocenters. The van der Waals surface area contributed by atoms with E-state index in [0.717, 1.165) is 22.3 Å². The molecule has 0 aliphatic heterocycles. The number of amides is 1. The molecule has 6 heteroatoms. The van der Waals surface area contributed by atoms with E-state index in [0.29, 0.717) is 15.6 Å². The van der Waals surface area contributed by atoms with Gasteiger partial charge in [-0.1, -0.05) is 77.8 Å². The molecule has 29 heavy (non-hydrogen) atoms. The zero-order chi connectivity index (χ0) is 20.5. The number of nitrogens with one attached hydrogen (secondary N) is 1. The molecular weight excluding hydrogens is 409 g/mol. The van der Waals surface area contributed by atoms with Gasteiger partial charge in [0, 0.05) is 16.5 Å². The van der Waals surface area contributed by atoms with Gasteiger partial charge in [0.2, 0.25) is 5.91 Å². The zero-order valence-corrected chi connectivity index (χ0v) is 16.7. The Hall–Kier alpha value is -2.82. The molecule has 4 nitrogen and oxygen atoms in total. The smallest absolute Gasteiger partial charge is 0.326 e. The van der Waals surface area contributed by atoms with E-state index >= 15 is 0 Å². The van der Waals surface area contributed by atoms with E-state index in [1.807, 2.05) is 48.5 Å². The first-order chi connectivity index (χ1) is 14.0. The number of benzene rings is 3. The molecule has 0 radical (unpaired) electrons. The fourth-order valence-corrected chi connectivity index (χ4v) is 4.38. The van der Waals surface area contributed by atoms with Crippen molar-refractivity contribution < 1.29 is 14.7 Å². The van der Waals surface area contributed by atoms with Crippen molar-refractivity contribution in [1.82, 2.24) is 5.32 Å². The van der Waals surface area contributed by atoms with Crippen LogP contribution in [-0.2, 0) is 16.0 Å². The Kier molecular flexibility index (Phi) is 5.31. The Morgan fingerprint density at radius 3 is 1.90 bits per heavy atom. The third kappa shape index (κ3) is 3.61. The van der Waals surface area contributed by atoms with E-state index in [1.165, 1.54) is 0 Å². The van der Waals surface area contributed by atoms with E-state index in [2.05, 4.69) is 5.32 Å². The predicted molar refractivity (Wildman–Crippen MR) is 113 cm³/mol. The van der Waals surface area contributed by atoms with Gasteiger partial charge in [0.15, 0.2) is 0 Å². The summed E-state index contributed by atoms with van der Waals surface area (Å²) in [6, 6.07) is 19.2. The van der Waals surface area contributed by atoms with Crippen LogP contribution in [0.1, 0.15) is 22.6 Å². The third-order valence-electron chi connectivity index (χ3n) is 5.18. The van der Waals surface area contributed by atoms with Crippen LogP contribution < -0.4 is 5.32 Å². The minimum Gasteiger partial charge on any atom is -0.480 e. The molecule has 3 aromatic carbocycles. The lowest BCUT2D eigenvalue weighted by Crippen LogP contribution is -2.44. The largest absolute Gasteiger partial charge is 0.480 e. The highest BCUT2D eigenvalue weighted by Gasteiger charge is 2.35. The number of halogens is 2. The molecule has 4 rings (SSSR count). The molecule has 1 aliphatic rings. The van der Waals surface area contributed by atoms with E-state index in [4.69, 9.17) is 23.2 Å². The van der Waals surface area contributed by atoms with Crippen molar-refractivity contribution in [1.29, 1.82) is 0 Å². The molecule has 2 N–H and O–H groups in total. The van der Waals surface area contributed by atoms with Crippen molar-refractivity contribution in [3.63, 3.8) is 0 Å².